The number of aliphatic hydroxyl groups excluding tert-OH is 1. The first-order valence-corrected chi connectivity index (χ1v) is 6.27. The van der Waals surface area contributed by atoms with Gasteiger partial charge in [0.15, 0.2) is 0 Å². The summed E-state index contributed by atoms with van der Waals surface area (Å²) in [6.45, 7) is 0.325. The number of benzene rings is 1. The molecule has 0 aliphatic heterocycles. The summed E-state index contributed by atoms with van der Waals surface area (Å²) >= 11 is 8.74. The zero-order valence-corrected chi connectivity index (χ0v) is 11.6. The largest absolute Gasteiger partial charge is 0.465 e. The van der Waals surface area contributed by atoms with E-state index in [1.807, 2.05) is 0 Å². The van der Waals surface area contributed by atoms with Crippen LogP contribution in [0.25, 0.3) is 0 Å². The molecule has 6 heteroatoms. The number of carbonyl (C=O) groups is 1. The Morgan fingerprint density at radius 3 is 2.94 bits per heavy atom. The standard InChI is InChI=1S/C11H13BrClNO3/c1-17-11(16)9-4-7(2-3-10(9)12)14-6-8(15)5-13/h2-4,8,14-15H,5-6H2,1H3. The molecule has 0 aromatic heterocycles. The van der Waals surface area contributed by atoms with Crippen molar-refractivity contribution in [1.29, 1.82) is 0 Å². The lowest BCUT2D eigenvalue weighted by molar-refractivity contribution is 0.0600. The van der Waals surface area contributed by atoms with Crippen molar-refractivity contribution >= 4 is 39.2 Å². The van der Waals surface area contributed by atoms with Crippen molar-refractivity contribution in [3.63, 3.8) is 0 Å². The highest BCUT2D eigenvalue weighted by Crippen LogP contribution is 2.21. The maximum absolute atomic E-state index is 11.4. The molecule has 94 valence electrons. The second-order valence-corrected chi connectivity index (χ2v) is 4.54. The molecule has 0 aliphatic rings. The van der Waals surface area contributed by atoms with Crippen molar-refractivity contribution in [2.24, 2.45) is 0 Å². The second-order valence-electron chi connectivity index (χ2n) is 3.38. The van der Waals surface area contributed by atoms with Gasteiger partial charge in [-0.05, 0) is 34.1 Å². The first-order chi connectivity index (χ1) is 8.08. The maximum atomic E-state index is 11.4. The van der Waals surface area contributed by atoms with E-state index in [2.05, 4.69) is 26.0 Å². The lowest BCUT2D eigenvalue weighted by Crippen LogP contribution is -2.20. The molecule has 0 radical (unpaired) electrons. The third-order valence-corrected chi connectivity index (χ3v) is 3.14. The van der Waals surface area contributed by atoms with Gasteiger partial charge in [0.05, 0.1) is 24.7 Å². The molecule has 4 nitrogen and oxygen atoms in total. The van der Waals surface area contributed by atoms with E-state index < -0.39 is 12.1 Å². The average molecular weight is 323 g/mol. The van der Waals surface area contributed by atoms with Crippen molar-refractivity contribution in [3.8, 4) is 0 Å². The minimum absolute atomic E-state index is 0.160. The van der Waals surface area contributed by atoms with Gasteiger partial charge in [0, 0.05) is 16.7 Å². The van der Waals surface area contributed by atoms with Gasteiger partial charge in [0.1, 0.15) is 0 Å². The fraction of sp³-hybridized carbons (Fsp3) is 0.364. The molecule has 0 bridgehead atoms. The fourth-order valence-electron chi connectivity index (χ4n) is 1.19. The number of ether oxygens (including phenoxy) is 1. The molecule has 0 heterocycles. The van der Waals surface area contributed by atoms with Gasteiger partial charge >= 0.3 is 5.97 Å². The maximum Gasteiger partial charge on any atom is 0.339 e. The van der Waals surface area contributed by atoms with E-state index in [0.717, 1.165) is 5.69 Å². The van der Waals surface area contributed by atoms with Gasteiger partial charge in [-0.25, -0.2) is 4.79 Å². The van der Waals surface area contributed by atoms with E-state index in [-0.39, 0.29) is 5.88 Å². The van der Waals surface area contributed by atoms with Gasteiger partial charge in [0.2, 0.25) is 0 Å². The van der Waals surface area contributed by atoms with E-state index in [1.165, 1.54) is 7.11 Å². The number of carbonyl (C=O) groups excluding carboxylic acids is 1. The van der Waals surface area contributed by atoms with Crippen LogP contribution in [-0.4, -0.2) is 36.7 Å². The SMILES string of the molecule is COC(=O)c1cc(NCC(O)CCl)ccc1Br. The monoisotopic (exact) mass is 321 g/mol. The predicted octanol–water partition coefficient (Wildman–Crippen LogP) is 2.25. The third-order valence-electron chi connectivity index (χ3n) is 2.09. The van der Waals surface area contributed by atoms with Crippen LogP contribution in [-0.2, 0) is 4.74 Å². The molecule has 0 aliphatic carbocycles. The smallest absolute Gasteiger partial charge is 0.339 e. The molecule has 0 fully saturated rings. The van der Waals surface area contributed by atoms with Crippen LogP contribution in [0.15, 0.2) is 22.7 Å². The summed E-state index contributed by atoms with van der Waals surface area (Å²) in [6.07, 6.45) is -0.623. The van der Waals surface area contributed by atoms with Gasteiger partial charge in [-0.1, -0.05) is 0 Å². The third kappa shape index (κ3) is 4.18. The van der Waals surface area contributed by atoms with Crippen molar-refractivity contribution in [2.45, 2.75) is 6.10 Å². The Balaban J connectivity index is 2.78. The molecule has 17 heavy (non-hydrogen) atoms. The molecular weight excluding hydrogens is 309 g/mol. The molecular formula is C11H13BrClNO3. The molecule has 0 saturated heterocycles. The Bertz CT molecular complexity index is 400. The molecule has 1 rings (SSSR count). The minimum atomic E-state index is -0.623. The van der Waals surface area contributed by atoms with Crippen LogP contribution in [0.1, 0.15) is 10.4 Å². The van der Waals surface area contributed by atoms with Crippen LogP contribution in [0.5, 0.6) is 0 Å². The number of halogens is 2. The Labute approximate surface area is 113 Å². The molecule has 1 unspecified atom stereocenters. The summed E-state index contributed by atoms with van der Waals surface area (Å²) in [5.41, 5.74) is 1.15. The van der Waals surface area contributed by atoms with E-state index in [9.17, 15) is 9.90 Å². The highest BCUT2D eigenvalue weighted by atomic mass is 79.9. The van der Waals surface area contributed by atoms with Crippen molar-refractivity contribution in [1.82, 2.24) is 0 Å². The number of rotatable bonds is 5. The summed E-state index contributed by atoms with van der Waals surface area (Å²) < 4.78 is 5.31. The van der Waals surface area contributed by atoms with Gasteiger partial charge in [-0.2, -0.15) is 0 Å². The predicted molar refractivity (Wildman–Crippen MR) is 70.7 cm³/mol. The van der Waals surface area contributed by atoms with Gasteiger partial charge in [0.25, 0.3) is 0 Å². The zero-order chi connectivity index (χ0) is 12.8. The molecule has 1 aromatic rings. The molecule has 2 N–H and O–H groups in total. The van der Waals surface area contributed by atoms with Gasteiger partial charge in [-0.3, -0.25) is 0 Å². The Morgan fingerprint density at radius 2 is 2.35 bits per heavy atom. The molecule has 1 aromatic carbocycles. The molecule has 0 saturated carbocycles. The summed E-state index contributed by atoms with van der Waals surface area (Å²) in [5.74, 6) is -0.258. The quantitative estimate of drug-likeness (QED) is 0.645. The van der Waals surface area contributed by atoms with Crippen LogP contribution < -0.4 is 5.32 Å². The summed E-state index contributed by atoms with van der Waals surface area (Å²) in [4.78, 5) is 11.4. The number of aliphatic hydroxyl groups is 1. The lowest BCUT2D eigenvalue weighted by atomic mass is 10.2. The number of methoxy groups -OCH3 is 1. The van der Waals surface area contributed by atoms with E-state index in [1.54, 1.807) is 18.2 Å². The first-order valence-electron chi connectivity index (χ1n) is 4.94. The topological polar surface area (TPSA) is 58.6 Å². The Hall–Kier alpha value is -0.780. The van der Waals surface area contributed by atoms with E-state index in [4.69, 9.17) is 11.6 Å². The zero-order valence-electron chi connectivity index (χ0n) is 9.24. The second kappa shape index (κ2) is 6.83. The van der Waals surface area contributed by atoms with Crippen LogP contribution in [0, 0.1) is 0 Å². The van der Waals surface area contributed by atoms with Crippen LogP contribution in [0.2, 0.25) is 0 Å². The van der Waals surface area contributed by atoms with Gasteiger partial charge < -0.3 is 15.2 Å². The minimum Gasteiger partial charge on any atom is -0.465 e. The van der Waals surface area contributed by atoms with Crippen LogP contribution in [0.4, 0.5) is 5.69 Å². The molecule has 0 spiro atoms. The number of hydrogen-bond acceptors (Lipinski definition) is 4. The average Bonchev–Trinajstić information content (AvgIpc) is 2.36. The van der Waals surface area contributed by atoms with Crippen molar-refractivity contribution < 1.29 is 14.6 Å². The number of esters is 1. The Kier molecular flexibility index (Phi) is 5.74. The summed E-state index contributed by atoms with van der Waals surface area (Å²) in [5, 5.41) is 12.3. The highest BCUT2D eigenvalue weighted by Gasteiger charge is 2.11. The first kappa shape index (κ1) is 14.3. The molecule has 0 amide bonds. The molecule has 1 atom stereocenters. The fourth-order valence-corrected chi connectivity index (χ4v) is 1.71. The summed E-state index contributed by atoms with van der Waals surface area (Å²) in [7, 11) is 1.33. The normalized spacial score (nSPS) is 12.0. The van der Waals surface area contributed by atoms with Crippen LogP contribution in [0.3, 0.4) is 0 Å². The number of hydrogen-bond donors (Lipinski definition) is 2. The van der Waals surface area contributed by atoms with Gasteiger partial charge in [-0.15, -0.1) is 11.6 Å². The Morgan fingerprint density at radius 1 is 1.65 bits per heavy atom. The van der Waals surface area contributed by atoms with E-state index in [0.29, 0.717) is 16.6 Å². The summed E-state index contributed by atoms with van der Waals surface area (Å²) in [6, 6.07) is 5.18. The lowest BCUT2D eigenvalue weighted by Gasteiger charge is -2.11. The number of nitrogens with one attached hydrogen (secondary N) is 1. The number of alkyl halides is 1. The van der Waals surface area contributed by atoms with Crippen molar-refractivity contribution in [3.05, 3.63) is 28.2 Å². The van der Waals surface area contributed by atoms with Crippen LogP contribution >= 0.6 is 27.5 Å². The van der Waals surface area contributed by atoms with E-state index >= 15 is 0 Å². The number of anilines is 1. The highest BCUT2D eigenvalue weighted by molar-refractivity contribution is 9.10. The van der Waals surface area contributed by atoms with Crippen molar-refractivity contribution in [2.75, 3.05) is 24.9 Å².